The first-order chi connectivity index (χ1) is 8.49. The maximum absolute atomic E-state index is 11.4. The molecular formula is C13H20N2O3. The van der Waals surface area contributed by atoms with Crippen LogP contribution in [0.3, 0.4) is 0 Å². The molecule has 0 fully saturated rings. The van der Waals surface area contributed by atoms with Crippen molar-refractivity contribution in [2.75, 3.05) is 20.2 Å². The number of nitrogens with zero attached hydrogens (tertiary/aromatic N) is 2. The Kier molecular flexibility index (Phi) is 5.25. The van der Waals surface area contributed by atoms with Gasteiger partial charge in [0.15, 0.2) is 5.60 Å². The Morgan fingerprint density at radius 1 is 1.56 bits per heavy atom. The Morgan fingerprint density at radius 2 is 2.28 bits per heavy atom. The first-order valence-electron chi connectivity index (χ1n) is 5.92. The maximum atomic E-state index is 11.4. The highest BCUT2D eigenvalue weighted by atomic mass is 16.5. The number of hydrogen-bond acceptors (Lipinski definition) is 5. The molecule has 1 aromatic heterocycles. The van der Waals surface area contributed by atoms with Gasteiger partial charge in [-0.25, -0.2) is 4.79 Å². The molecule has 18 heavy (non-hydrogen) atoms. The number of rotatable bonds is 6. The molecule has 5 nitrogen and oxygen atoms in total. The summed E-state index contributed by atoms with van der Waals surface area (Å²) in [6.45, 7) is 4.94. The quantitative estimate of drug-likeness (QED) is 0.760. The lowest BCUT2D eigenvalue weighted by Crippen LogP contribution is -2.47. The van der Waals surface area contributed by atoms with E-state index >= 15 is 0 Å². The van der Waals surface area contributed by atoms with Gasteiger partial charge in [0.2, 0.25) is 0 Å². The van der Waals surface area contributed by atoms with Gasteiger partial charge in [-0.1, -0.05) is 13.0 Å². The zero-order valence-electron chi connectivity index (χ0n) is 11.1. The summed E-state index contributed by atoms with van der Waals surface area (Å²) >= 11 is 0. The Balaban J connectivity index is 2.65. The minimum Gasteiger partial charge on any atom is -0.467 e. The predicted molar refractivity (Wildman–Crippen MR) is 67.8 cm³/mol. The molecule has 5 heteroatoms. The summed E-state index contributed by atoms with van der Waals surface area (Å²) in [5.74, 6) is -0.623. The van der Waals surface area contributed by atoms with Gasteiger partial charge in [-0.15, -0.1) is 0 Å². The van der Waals surface area contributed by atoms with E-state index in [1.54, 1.807) is 6.20 Å². The summed E-state index contributed by atoms with van der Waals surface area (Å²) in [6, 6.07) is 5.68. The van der Waals surface area contributed by atoms with Crippen molar-refractivity contribution in [2.24, 2.45) is 0 Å². The van der Waals surface area contributed by atoms with Crippen LogP contribution >= 0.6 is 0 Å². The monoisotopic (exact) mass is 252 g/mol. The van der Waals surface area contributed by atoms with E-state index in [1.165, 1.54) is 14.0 Å². The highest BCUT2D eigenvalue weighted by Crippen LogP contribution is 2.11. The SMILES string of the molecule is CCN(Cc1ccccn1)CC(C)(O)C(=O)OC. The van der Waals surface area contributed by atoms with E-state index in [9.17, 15) is 9.90 Å². The van der Waals surface area contributed by atoms with Gasteiger partial charge < -0.3 is 9.84 Å². The number of likely N-dealkylation sites (N-methyl/N-ethyl adjacent to an activating group) is 1. The normalized spacial score (nSPS) is 14.3. The molecule has 0 aromatic carbocycles. The Hall–Kier alpha value is -1.46. The molecule has 1 heterocycles. The molecule has 1 N–H and O–H groups in total. The smallest absolute Gasteiger partial charge is 0.338 e. The maximum Gasteiger partial charge on any atom is 0.338 e. The molecule has 0 aliphatic rings. The number of carbonyl (C=O) groups is 1. The Labute approximate surface area is 107 Å². The molecule has 1 unspecified atom stereocenters. The van der Waals surface area contributed by atoms with Gasteiger partial charge in [-0.05, 0) is 25.6 Å². The lowest BCUT2D eigenvalue weighted by atomic mass is 10.1. The Morgan fingerprint density at radius 3 is 2.78 bits per heavy atom. The summed E-state index contributed by atoms with van der Waals surface area (Å²) in [7, 11) is 1.27. The van der Waals surface area contributed by atoms with Crippen molar-refractivity contribution >= 4 is 5.97 Å². The molecule has 1 rings (SSSR count). The second-order valence-electron chi connectivity index (χ2n) is 4.39. The fourth-order valence-corrected chi connectivity index (χ4v) is 1.72. The van der Waals surface area contributed by atoms with Crippen LogP contribution in [0.1, 0.15) is 19.5 Å². The second kappa shape index (κ2) is 6.47. The molecule has 0 saturated heterocycles. The number of hydrogen-bond donors (Lipinski definition) is 1. The van der Waals surface area contributed by atoms with Gasteiger partial charge >= 0.3 is 5.97 Å². The summed E-state index contributed by atoms with van der Waals surface area (Å²) in [4.78, 5) is 17.6. The van der Waals surface area contributed by atoms with E-state index in [2.05, 4.69) is 9.72 Å². The van der Waals surface area contributed by atoms with Crippen LogP contribution in [-0.4, -0.2) is 46.8 Å². The number of carbonyl (C=O) groups excluding carboxylic acids is 1. The van der Waals surface area contributed by atoms with E-state index in [4.69, 9.17) is 0 Å². The largest absolute Gasteiger partial charge is 0.467 e. The van der Waals surface area contributed by atoms with E-state index in [0.717, 1.165) is 5.69 Å². The molecule has 0 spiro atoms. The van der Waals surface area contributed by atoms with Gasteiger partial charge in [-0.2, -0.15) is 0 Å². The van der Waals surface area contributed by atoms with Crippen LogP contribution in [0, 0.1) is 0 Å². The van der Waals surface area contributed by atoms with Crippen LogP contribution in [0.25, 0.3) is 0 Å². The molecule has 0 bridgehead atoms. The van der Waals surface area contributed by atoms with E-state index in [-0.39, 0.29) is 6.54 Å². The fraction of sp³-hybridized carbons (Fsp3) is 0.538. The minimum atomic E-state index is -1.50. The number of ether oxygens (including phenoxy) is 1. The van der Waals surface area contributed by atoms with Gasteiger partial charge in [0.05, 0.1) is 12.8 Å². The summed E-state index contributed by atoms with van der Waals surface area (Å²) < 4.78 is 4.58. The van der Waals surface area contributed by atoms with Crippen molar-refractivity contribution in [1.29, 1.82) is 0 Å². The zero-order valence-corrected chi connectivity index (χ0v) is 11.1. The lowest BCUT2D eigenvalue weighted by molar-refractivity contribution is -0.162. The molecule has 1 aromatic rings. The van der Waals surface area contributed by atoms with Crippen LogP contribution in [0.2, 0.25) is 0 Å². The molecule has 0 radical (unpaired) electrons. The van der Waals surface area contributed by atoms with Crippen molar-refractivity contribution in [1.82, 2.24) is 9.88 Å². The summed E-state index contributed by atoms with van der Waals surface area (Å²) in [5.41, 5.74) is -0.598. The molecule has 1 atom stereocenters. The van der Waals surface area contributed by atoms with Crippen molar-refractivity contribution in [3.05, 3.63) is 30.1 Å². The standard InChI is InChI=1S/C13H20N2O3/c1-4-15(9-11-7-5-6-8-14-11)10-13(2,17)12(16)18-3/h5-8,17H,4,9-10H2,1-3H3. The topological polar surface area (TPSA) is 62.7 Å². The number of methoxy groups -OCH3 is 1. The third-order valence-electron chi connectivity index (χ3n) is 2.72. The van der Waals surface area contributed by atoms with Crippen molar-refractivity contribution in [3.8, 4) is 0 Å². The minimum absolute atomic E-state index is 0.215. The molecule has 0 saturated carbocycles. The second-order valence-corrected chi connectivity index (χ2v) is 4.39. The molecule has 0 amide bonds. The average molecular weight is 252 g/mol. The van der Waals surface area contributed by atoms with Crippen LogP contribution in [0.5, 0.6) is 0 Å². The Bertz CT molecular complexity index is 379. The summed E-state index contributed by atoms with van der Waals surface area (Å²) in [5, 5.41) is 10.0. The van der Waals surface area contributed by atoms with E-state index in [0.29, 0.717) is 13.1 Å². The van der Waals surface area contributed by atoms with Crippen LogP contribution < -0.4 is 0 Å². The number of pyridine rings is 1. The van der Waals surface area contributed by atoms with Gasteiger partial charge in [0.25, 0.3) is 0 Å². The van der Waals surface area contributed by atoms with Gasteiger partial charge in [-0.3, -0.25) is 9.88 Å². The van der Waals surface area contributed by atoms with Gasteiger partial charge in [0.1, 0.15) is 0 Å². The van der Waals surface area contributed by atoms with E-state index < -0.39 is 11.6 Å². The van der Waals surface area contributed by atoms with Gasteiger partial charge in [0, 0.05) is 19.3 Å². The number of aliphatic hydroxyl groups is 1. The first kappa shape index (κ1) is 14.6. The highest BCUT2D eigenvalue weighted by Gasteiger charge is 2.33. The zero-order chi connectivity index (χ0) is 13.6. The fourth-order valence-electron chi connectivity index (χ4n) is 1.72. The van der Waals surface area contributed by atoms with Crippen LogP contribution in [-0.2, 0) is 16.1 Å². The first-order valence-corrected chi connectivity index (χ1v) is 5.92. The predicted octanol–water partition coefficient (Wildman–Crippen LogP) is 0.827. The van der Waals surface area contributed by atoms with Crippen molar-refractivity contribution < 1.29 is 14.6 Å². The molecule has 100 valence electrons. The van der Waals surface area contributed by atoms with E-state index in [1.807, 2.05) is 30.0 Å². The van der Waals surface area contributed by atoms with Crippen LogP contribution in [0.15, 0.2) is 24.4 Å². The number of esters is 1. The average Bonchev–Trinajstić information content (AvgIpc) is 2.37. The molecular weight excluding hydrogens is 232 g/mol. The van der Waals surface area contributed by atoms with Crippen molar-refractivity contribution in [2.45, 2.75) is 26.0 Å². The molecule has 0 aliphatic carbocycles. The molecule has 0 aliphatic heterocycles. The van der Waals surface area contributed by atoms with Crippen LogP contribution in [0.4, 0.5) is 0 Å². The third-order valence-corrected chi connectivity index (χ3v) is 2.72. The highest BCUT2D eigenvalue weighted by molar-refractivity contribution is 5.78. The van der Waals surface area contributed by atoms with Crippen molar-refractivity contribution in [3.63, 3.8) is 0 Å². The lowest BCUT2D eigenvalue weighted by Gasteiger charge is -2.28. The third kappa shape index (κ3) is 4.09. The number of aromatic nitrogens is 1. The summed E-state index contributed by atoms with van der Waals surface area (Å²) in [6.07, 6.45) is 1.72.